The minimum atomic E-state index is 0.386. The molecule has 0 amide bonds. The van der Waals surface area contributed by atoms with Crippen LogP contribution in [-0.4, -0.2) is 23.7 Å². The van der Waals surface area contributed by atoms with Crippen LogP contribution >= 0.6 is 0 Å². The number of hydrogen-bond donors (Lipinski definition) is 0. The van der Waals surface area contributed by atoms with Gasteiger partial charge in [0.25, 0.3) is 0 Å². The molecule has 0 unspecified atom stereocenters. The van der Waals surface area contributed by atoms with Gasteiger partial charge in [0, 0.05) is 71.6 Å². The van der Waals surface area contributed by atoms with Crippen molar-refractivity contribution in [2.45, 2.75) is 0 Å². The van der Waals surface area contributed by atoms with Gasteiger partial charge in [-0.25, -0.2) is 19.7 Å². The van der Waals surface area contributed by atoms with Crippen molar-refractivity contribution in [2.75, 3.05) is 0 Å². The van der Waals surface area contributed by atoms with Crippen LogP contribution in [0.3, 0.4) is 0 Å². The van der Waals surface area contributed by atoms with Crippen molar-refractivity contribution in [1.29, 1.82) is 10.5 Å². The average molecular weight is 1060 g/mol. The maximum atomic E-state index is 11.0. The molecule has 0 atom stereocenters. The predicted octanol–water partition coefficient (Wildman–Crippen LogP) is 18.9. The first-order chi connectivity index (χ1) is 41.0. The van der Waals surface area contributed by atoms with Gasteiger partial charge in [-0.3, -0.25) is 0 Å². The van der Waals surface area contributed by atoms with Gasteiger partial charge in [0.15, 0.2) is 11.4 Å². The highest BCUT2D eigenvalue weighted by molar-refractivity contribution is 6.14. The Kier molecular flexibility index (Phi) is 11.2. The minimum absolute atomic E-state index is 0.386. The van der Waals surface area contributed by atoms with E-state index in [4.69, 9.17) is 23.1 Å². The summed E-state index contributed by atoms with van der Waals surface area (Å²) < 4.78 is 6.87. The van der Waals surface area contributed by atoms with E-state index in [-0.39, 0.29) is 0 Å². The van der Waals surface area contributed by atoms with Gasteiger partial charge in [0.2, 0.25) is 0 Å². The van der Waals surface area contributed by atoms with Crippen molar-refractivity contribution >= 4 is 76.8 Å². The molecule has 0 spiro atoms. The zero-order valence-corrected chi connectivity index (χ0v) is 44.2. The van der Waals surface area contributed by atoms with Crippen LogP contribution in [0.4, 0.5) is 11.4 Å². The fraction of sp³-hybridized carbons (Fsp3) is 0. The largest absolute Gasteiger partial charge is 0.309 e. The van der Waals surface area contributed by atoms with Crippen LogP contribution in [0.1, 0.15) is 11.1 Å². The Bertz CT molecular complexity index is 4990. The Morgan fingerprint density at radius 3 is 1.17 bits per heavy atom. The van der Waals surface area contributed by atoms with Gasteiger partial charge >= 0.3 is 0 Å². The quantitative estimate of drug-likeness (QED) is 0.142. The second-order valence-corrected chi connectivity index (χ2v) is 20.5. The Morgan fingerprint density at radius 2 is 0.699 bits per heavy atom. The van der Waals surface area contributed by atoms with E-state index in [2.05, 4.69) is 169 Å². The van der Waals surface area contributed by atoms with E-state index >= 15 is 0 Å². The normalized spacial score (nSPS) is 11.3. The van der Waals surface area contributed by atoms with Gasteiger partial charge in [0.05, 0.1) is 80.9 Å². The summed E-state index contributed by atoms with van der Waals surface area (Å²) in [5, 5.41) is 28.9. The van der Waals surface area contributed by atoms with Gasteiger partial charge in [-0.1, -0.05) is 170 Å². The molecule has 0 aliphatic rings. The molecule has 83 heavy (non-hydrogen) atoms. The van der Waals surface area contributed by atoms with Crippen molar-refractivity contribution in [2.24, 2.45) is 0 Å². The third kappa shape index (κ3) is 7.74. The maximum Gasteiger partial charge on any atom is 0.198 e. The number of aromatic nitrogens is 5. The first kappa shape index (κ1) is 48.0. The molecule has 0 radical (unpaired) electrons. The van der Waals surface area contributed by atoms with Crippen molar-refractivity contribution in [3.05, 3.63) is 283 Å². The number of para-hydroxylation sites is 6. The number of nitriles is 2. The van der Waals surface area contributed by atoms with E-state index in [1.165, 1.54) is 21.5 Å². The molecule has 9 nitrogen and oxygen atoms in total. The second kappa shape index (κ2) is 19.3. The predicted molar refractivity (Wildman–Crippen MR) is 334 cm³/mol. The number of benzene rings is 11. The maximum absolute atomic E-state index is 11.0. The fourth-order valence-corrected chi connectivity index (χ4v) is 12.3. The van der Waals surface area contributed by atoms with Gasteiger partial charge in [-0.05, 0) is 95.6 Å². The highest BCUT2D eigenvalue weighted by atomic mass is 15.0. The summed E-state index contributed by atoms with van der Waals surface area (Å²) in [6.07, 6.45) is 0. The van der Waals surface area contributed by atoms with Gasteiger partial charge in [0.1, 0.15) is 5.82 Å². The first-order valence-corrected chi connectivity index (χ1v) is 27.1. The lowest BCUT2D eigenvalue weighted by Crippen LogP contribution is -2.00. The fourth-order valence-electron chi connectivity index (χ4n) is 12.3. The summed E-state index contributed by atoms with van der Waals surface area (Å²) >= 11 is 0. The van der Waals surface area contributed by atoms with Crippen LogP contribution in [0.25, 0.3) is 148 Å². The molecule has 9 heteroatoms. The van der Waals surface area contributed by atoms with Gasteiger partial charge in [-0.15, -0.1) is 0 Å². The zero-order chi connectivity index (χ0) is 55.7. The summed E-state index contributed by atoms with van der Waals surface area (Å²) in [7, 11) is 0. The van der Waals surface area contributed by atoms with E-state index in [0.29, 0.717) is 62.1 Å². The molecule has 11 aromatic carbocycles. The molecule has 0 N–H and O–H groups in total. The summed E-state index contributed by atoms with van der Waals surface area (Å²) in [6.45, 7) is 15.7. The van der Waals surface area contributed by atoms with E-state index < -0.39 is 0 Å². The van der Waals surface area contributed by atoms with Crippen molar-refractivity contribution in [3.63, 3.8) is 0 Å². The highest BCUT2D eigenvalue weighted by Gasteiger charge is 2.22. The monoisotopic (exact) mass is 1060 g/mol. The van der Waals surface area contributed by atoms with Crippen LogP contribution in [-0.2, 0) is 0 Å². The number of nitrogens with zero attached hydrogens (tertiary/aromatic N) is 9. The molecule has 4 aromatic heterocycles. The Labute approximate surface area is 476 Å². The van der Waals surface area contributed by atoms with Crippen LogP contribution in [0, 0.1) is 35.8 Å². The molecule has 0 saturated carbocycles. The summed E-state index contributed by atoms with van der Waals surface area (Å²) in [6, 6.07) is 88.8. The molecular formula is C74H41N9. The smallest absolute Gasteiger partial charge is 0.198 e. The highest BCUT2D eigenvalue weighted by Crippen LogP contribution is 2.42. The SMILES string of the molecule is [C-]#[N+]c1ccccc1-c1cc(-c2ccc(-c3ccc(-c4c(C#N)cc(-n5c6ccc(-n7c8ccccc8c8ccccc87)cc6c6cc(-n7c8ccccc8c8ccccc87)ccc65)cc4C#N)cc3)cc2)nc(-c2ccccc2[N+]#[C-])n1. The lowest BCUT2D eigenvalue weighted by molar-refractivity contribution is 1.16. The van der Waals surface area contributed by atoms with Crippen molar-refractivity contribution in [3.8, 4) is 85.4 Å². The standard InChI is InChI=1S/C74H41N9/c1-77-63-21-9-3-19-59(63)66-43-65(79-74(80-66)60-20-4-10-22-64(60)78-2)48-31-27-46(28-32-48)47-29-33-49(34-30-47)73-50(44-75)39-54(40-51(73)45-76)83-71-37-35-52(81-67-23-11-5-15-55(67)56-16-6-12-24-68(56)81)41-61(71)62-42-53(36-38-72(62)83)82-69-25-13-7-17-57(69)58-18-8-14-26-70(58)82/h3-43H. The number of rotatable bonds is 8. The molecule has 0 saturated heterocycles. The lowest BCUT2D eigenvalue weighted by Gasteiger charge is -2.14. The molecule has 0 bridgehead atoms. The molecule has 4 heterocycles. The average Bonchev–Trinajstić information content (AvgIpc) is 4.17. The Hall–Kier alpha value is -12.1. The van der Waals surface area contributed by atoms with Crippen LogP contribution in [0.5, 0.6) is 0 Å². The van der Waals surface area contributed by atoms with Gasteiger partial charge < -0.3 is 13.7 Å². The molecule has 0 fully saturated rings. The third-order valence-electron chi connectivity index (χ3n) is 16.0. The molecular weight excluding hydrogens is 1010 g/mol. The van der Waals surface area contributed by atoms with Crippen molar-refractivity contribution < 1.29 is 0 Å². The summed E-state index contributed by atoms with van der Waals surface area (Å²) in [5.74, 6) is 0.398. The van der Waals surface area contributed by atoms with Crippen LogP contribution in [0.15, 0.2) is 249 Å². The Balaban J connectivity index is 0.828. The van der Waals surface area contributed by atoms with Crippen LogP contribution < -0.4 is 0 Å². The van der Waals surface area contributed by atoms with E-state index in [1.807, 2.05) is 103 Å². The zero-order valence-electron chi connectivity index (χ0n) is 44.2. The molecule has 382 valence electrons. The van der Waals surface area contributed by atoms with Crippen molar-refractivity contribution in [1.82, 2.24) is 23.7 Å². The van der Waals surface area contributed by atoms with E-state index in [1.54, 1.807) is 12.1 Å². The summed E-state index contributed by atoms with van der Waals surface area (Å²) in [5.41, 5.74) is 17.4. The second-order valence-electron chi connectivity index (χ2n) is 20.5. The number of hydrogen-bond acceptors (Lipinski definition) is 4. The van der Waals surface area contributed by atoms with Gasteiger partial charge in [-0.2, -0.15) is 10.5 Å². The summed E-state index contributed by atoms with van der Waals surface area (Å²) in [4.78, 5) is 17.4. The Morgan fingerprint density at radius 1 is 0.325 bits per heavy atom. The van der Waals surface area contributed by atoms with E-state index in [0.717, 1.165) is 77.5 Å². The third-order valence-corrected chi connectivity index (χ3v) is 16.0. The molecule has 0 aliphatic heterocycles. The first-order valence-electron chi connectivity index (χ1n) is 27.1. The lowest BCUT2D eigenvalue weighted by atomic mass is 9.92. The molecule has 15 rings (SSSR count). The van der Waals surface area contributed by atoms with E-state index in [9.17, 15) is 10.5 Å². The van der Waals surface area contributed by atoms with Crippen LogP contribution in [0.2, 0.25) is 0 Å². The molecule has 15 aromatic rings. The minimum Gasteiger partial charge on any atom is -0.309 e. The number of fused-ring (bicyclic) bond motifs is 9. The topological polar surface area (TPSA) is 96.9 Å². The molecule has 0 aliphatic carbocycles.